The molecule has 0 spiro atoms. The van der Waals surface area contributed by atoms with Gasteiger partial charge in [0.25, 0.3) is 0 Å². The largest absolute Gasteiger partial charge is 0.504 e. The van der Waals surface area contributed by atoms with Crippen LogP contribution in [0.3, 0.4) is 0 Å². The van der Waals surface area contributed by atoms with Gasteiger partial charge >= 0.3 is 5.97 Å². The Hall–Kier alpha value is -2.49. The SMILES string of the molecule is COc1ccc(C=CC(=O)OC2C=C(C)CCC=C(C)CCC2C(C)C)cc1O. The number of methoxy groups -OCH3 is 1. The Bertz CT molecular complexity index is 786. The van der Waals surface area contributed by atoms with Gasteiger partial charge in [0.1, 0.15) is 6.10 Å². The standard InChI is InChI=1S/C25H34O4/c1-17(2)21-12-9-18(3)7-6-8-19(4)15-24(21)29-25(27)14-11-20-10-13-23(28-5)22(26)16-20/h7,10-11,13-17,21,24,26H,6,8-9,12H2,1-5H3. The van der Waals surface area contributed by atoms with Crippen molar-refractivity contribution in [2.24, 2.45) is 11.8 Å². The van der Waals surface area contributed by atoms with E-state index < -0.39 is 0 Å². The molecule has 0 aromatic heterocycles. The van der Waals surface area contributed by atoms with Crippen LogP contribution >= 0.6 is 0 Å². The first-order valence-corrected chi connectivity index (χ1v) is 10.4. The van der Waals surface area contributed by atoms with Gasteiger partial charge in [-0.1, -0.05) is 37.1 Å². The molecule has 2 atom stereocenters. The number of carbonyl (C=O) groups is 1. The lowest BCUT2D eigenvalue weighted by atomic mass is 9.83. The number of benzene rings is 1. The van der Waals surface area contributed by atoms with Crippen LogP contribution < -0.4 is 4.74 Å². The zero-order valence-corrected chi connectivity index (χ0v) is 18.3. The zero-order chi connectivity index (χ0) is 21.4. The van der Waals surface area contributed by atoms with E-state index in [1.54, 1.807) is 24.3 Å². The van der Waals surface area contributed by atoms with Crippen LogP contribution in [0.4, 0.5) is 0 Å². The maximum atomic E-state index is 12.5. The fraction of sp³-hybridized carbons (Fsp3) is 0.480. The summed E-state index contributed by atoms with van der Waals surface area (Å²) in [5.41, 5.74) is 3.37. The van der Waals surface area contributed by atoms with Gasteiger partial charge in [0.2, 0.25) is 0 Å². The maximum Gasteiger partial charge on any atom is 0.331 e. The lowest BCUT2D eigenvalue weighted by Gasteiger charge is -2.29. The van der Waals surface area contributed by atoms with Crippen molar-refractivity contribution in [1.29, 1.82) is 0 Å². The van der Waals surface area contributed by atoms with Crippen LogP contribution in [0.15, 0.2) is 47.6 Å². The first-order chi connectivity index (χ1) is 13.8. The predicted octanol–water partition coefficient (Wildman–Crippen LogP) is 6.06. The summed E-state index contributed by atoms with van der Waals surface area (Å²) < 4.78 is 10.9. The number of ether oxygens (including phenoxy) is 2. The fourth-order valence-electron chi connectivity index (χ4n) is 3.68. The molecule has 2 unspecified atom stereocenters. The number of hydrogen-bond acceptors (Lipinski definition) is 4. The number of rotatable bonds is 5. The molecule has 158 valence electrons. The van der Waals surface area contributed by atoms with Gasteiger partial charge in [-0.2, -0.15) is 0 Å². The molecular formula is C25H34O4. The van der Waals surface area contributed by atoms with E-state index in [1.807, 2.05) is 0 Å². The highest BCUT2D eigenvalue weighted by Gasteiger charge is 2.26. The van der Waals surface area contributed by atoms with E-state index in [1.165, 1.54) is 24.3 Å². The highest BCUT2D eigenvalue weighted by Crippen LogP contribution is 2.29. The summed E-state index contributed by atoms with van der Waals surface area (Å²) in [6.07, 6.45) is 11.3. The average Bonchev–Trinajstić information content (AvgIpc) is 2.66. The van der Waals surface area contributed by atoms with Crippen LogP contribution in [0.2, 0.25) is 0 Å². The molecule has 1 N–H and O–H groups in total. The monoisotopic (exact) mass is 398 g/mol. The van der Waals surface area contributed by atoms with E-state index in [-0.39, 0.29) is 23.7 Å². The quantitative estimate of drug-likeness (QED) is 0.372. The van der Waals surface area contributed by atoms with E-state index in [4.69, 9.17) is 9.47 Å². The minimum absolute atomic E-state index is 0.0391. The summed E-state index contributed by atoms with van der Waals surface area (Å²) in [5.74, 6) is 0.748. The maximum absolute atomic E-state index is 12.5. The lowest BCUT2D eigenvalue weighted by Crippen LogP contribution is -2.29. The Morgan fingerprint density at radius 2 is 1.97 bits per heavy atom. The minimum atomic E-state index is -0.371. The van der Waals surface area contributed by atoms with Gasteiger partial charge in [-0.15, -0.1) is 0 Å². The van der Waals surface area contributed by atoms with Crippen LogP contribution in [0.25, 0.3) is 6.08 Å². The topological polar surface area (TPSA) is 55.8 Å². The van der Waals surface area contributed by atoms with Gasteiger partial charge in [-0.25, -0.2) is 4.79 Å². The highest BCUT2D eigenvalue weighted by atomic mass is 16.5. The third-order valence-corrected chi connectivity index (χ3v) is 5.50. The molecule has 29 heavy (non-hydrogen) atoms. The molecule has 1 aliphatic rings. The van der Waals surface area contributed by atoms with Crippen molar-refractivity contribution in [1.82, 2.24) is 0 Å². The molecule has 2 rings (SSSR count). The van der Waals surface area contributed by atoms with Crippen molar-refractivity contribution in [2.75, 3.05) is 7.11 Å². The molecule has 0 aliphatic heterocycles. The average molecular weight is 399 g/mol. The third kappa shape index (κ3) is 7.12. The minimum Gasteiger partial charge on any atom is -0.504 e. The van der Waals surface area contributed by atoms with E-state index >= 15 is 0 Å². The molecular weight excluding hydrogens is 364 g/mol. The molecule has 0 saturated carbocycles. The van der Waals surface area contributed by atoms with Crippen molar-refractivity contribution in [3.05, 3.63) is 53.1 Å². The van der Waals surface area contributed by atoms with Crippen molar-refractivity contribution in [2.45, 2.75) is 59.5 Å². The summed E-state index contributed by atoms with van der Waals surface area (Å²) in [5, 5.41) is 9.88. The summed E-state index contributed by atoms with van der Waals surface area (Å²) in [4.78, 5) is 12.5. The summed E-state index contributed by atoms with van der Waals surface area (Å²) in [6.45, 7) is 8.68. The van der Waals surface area contributed by atoms with Gasteiger partial charge in [0.05, 0.1) is 7.11 Å². The molecule has 0 radical (unpaired) electrons. The molecule has 1 aromatic carbocycles. The second kappa shape index (κ2) is 10.9. The molecule has 1 aliphatic carbocycles. The summed E-state index contributed by atoms with van der Waals surface area (Å²) in [7, 11) is 1.50. The molecule has 0 heterocycles. The molecule has 0 bridgehead atoms. The summed E-state index contributed by atoms with van der Waals surface area (Å²) >= 11 is 0. The van der Waals surface area contributed by atoms with E-state index in [2.05, 4.69) is 39.8 Å². The van der Waals surface area contributed by atoms with Gasteiger partial charge in [0, 0.05) is 12.0 Å². The molecule has 4 nitrogen and oxygen atoms in total. The number of hydrogen-bond donors (Lipinski definition) is 1. The van der Waals surface area contributed by atoms with Crippen LogP contribution in [0.5, 0.6) is 11.5 Å². The van der Waals surface area contributed by atoms with Crippen molar-refractivity contribution < 1.29 is 19.4 Å². The predicted molar refractivity (Wildman–Crippen MR) is 118 cm³/mol. The Morgan fingerprint density at radius 1 is 1.21 bits per heavy atom. The van der Waals surface area contributed by atoms with Gasteiger partial charge < -0.3 is 14.6 Å². The number of phenolic OH excluding ortho intramolecular Hbond substituents is 1. The van der Waals surface area contributed by atoms with Gasteiger partial charge in [-0.05, 0) is 75.3 Å². The molecule has 0 fully saturated rings. The second-order valence-electron chi connectivity index (χ2n) is 8.21. The van der Waals surface area contributed by atoms with Gasteiger partial charge in [-0.3, -0.25) is 0 Å². The Labute approximate surface area is 174 Å². The normalized spacial score (nSPS) is 20.9. The number of aromatic hydroxyl groups is 1. The molecule has 0 amide bonds. The number of esters is 1. The van der Waals surface area contributed by atoms with Gasteiger partial charge in [0.15, 0.2) is 11.5 Å². The zero-order valence-electron chi connectivity index (χ0n) is 18.3. The molecule has 0 saturated heterocycles. The van der Waals surface area contributed by atoms with Crippen LogP contribution in [0.1, 0.15) is 58.9 Å². The van der Waals surface area contributed by atoms with E-state index in [9.17, 15) is 9.90 Å². The van der Waals surface area contributed by atoms with E-state index in [0.717, 1.165) is 25.7 Å². The molecule has 1 aromatic rings. The first-order valence-electron chi connectivity index (χ1n) is 10.4. The first kappa shape index (κ1) is 22.8. The Kier molecular flexibility index (Phi) is 8.56. The summed E-state index contributed by atoms with van der Waals surface area (Å²) in [6, 6.07) is 5.00. The fourth-order valence-corrected chi connectivity index (χ4v) is 3.68. The van der Waals surface area contributed by atoms with Crippen LogP contribution in [-0.4, -0.2) is 24.3 Å². The second-order valence-corrected chi connectivity index (χ2v) is 8.21. The lowest BCUT2D eigenvalue weighted by molar-refractivity contribution is -0.143. The van der Waals surface area contributed by atoms with Crippen molar-refractivity contribution in [3.63, 3.8) is 0 Å². The highest BCUT2D eigenvalue weighted by molar-refractivity contribution is 5.87. The van der Waals surface area contributed by atoms with Crippen molar-refractivity contribution >= 4 is 12.0 Å². The number of allylic oxidation sites excluding steroid dienone is 3. The number of carbonyl (C=O) groups excluding carboxylic acids is 1. The molecule has 4 heteroatoms. The van der Waals surface area contributed by atoms with Crippen molar-refractivity contribution in [3.8, 4) is 11.5 Å². The Morgan fingerprint density at radius 3 is 2.62 bits per heavy atom. The van der Waals surface area contributed by atoms with E-state index in [0.29, 0.717) is 17.2 Å². The van der Waals surface area contributed by atoms with Crippen LogP contribution in [0, 0.1) is 11.8 Å². The Balaban J connectivity index is 2.15. The van der Waals surface area contributed by atoms with Crippen LogP contribution in [-0.2, 0) is 9.53 Å². The third-order valence-electron chi connectivity index (χ3n) is 5.50. The smallest absolute Gasteiger partial charge is 0.331 e. The number of phenols is 1.